The number of benzene rings is 1. The van der Waals surface area contributed by atoms with E-state index in [1.165, 1.54) is 0 Å². The molecule has 32 heavy (non-hydrogen) atoms. The van der Waals surface area contributed by atoms with Crippen LogP contribution in [0.25, 0.3) is 0 Å². The van der Waals surface area contributed by atoms with Crippen LogP contribution in [0.2, 0.25) is 37.8 Å². The Hall–Kier alpha value is -1.10. The first kappa shape index (κ1) is 28.9. The molecule has 0 heterocycles. The van der Waals surface area contributed by atoms with E-state index in [1.807, 2.05) is 39.0 Å². The first-order valence-electron chi connectivity index (χ1n) is 11.4. The van der Waals surface area contributed by atoms with Gasteiger partial charge in [0.1, 0.15) is 0 Å². The highest BCUT2D eigenvalue weighted by Crippen LogP contribution is 2.38. The van der Waals surface area contributed by atoms with Crippen LogP contribution in [-0.4, -0.2) is 43.5 Å². The summed E-state index contributed by atoms with van der Waals surface area (Å²) in [5.74, 6) is 0.171. The second-order valence-corrected chi connectivity index (χ2v) is 22.2. The van der Waals surface area contributed by atoms with Crippen LogP contribution in [0.4, 0.5) is 0 Å². The summed E-state index contributed by atoms with van der Waals surface area (Å²) in [7, 11) is -7.64. The van der Waals surface area contributed by atoms with Crippen molar-refractivity contribution in [3.8, 4) is 0 Å². The summed E-state index contributed by atoms with van der Waals surface area (Å²) in [6.07, 6.45) is 1.38. The summed E-state index contributed by atoms with van der Waals surface area (Å²) in [4.78, 5) is 0.325. The van der Waals surface area contributed by atoms with Gasteiger partial charge in [-0.25, -0.2) is 8.42 Å². The average Bonchev–Trinajstić information content (AvgIpc) is 2.59. The van der Waals surface area contributed by atoms with Gasteiger partial charge < -0.3 is 13.6 Å². The maximum atomic E-state index is 13.3. The molecule has 5 nitrogen and oxygen atoms in total. The molecule has 0 bridgehead atoms. The lowest BCUT2D eigenvalue weighted by atomic mass is 10.1. The fraction of sp³-hybridized carbons (Fsp3) is 0.667. The Bertz CT molecular complexity index is 863. The lowest BCUT2D eigenvalue weighted by Gasteiger charge is -2.40. The topological polar surface area (TPSA) is 61.8 Å². The second-order valence-electron chi connectivity index (χ2n) is 11.0. The van der Waals surface area contributed by atoms with Gasteiger partial charge in [0.15, 0.2) is 18.2 Å². The normalized spacial score (nSPS) is 15.9. The Morgan fingerprint density at radius 2 is 1.59 bits per heavy atom. The van der Waals surface area contributed by atoms with Gasteiger partial charge in [-0.2, -0.15) is 0 Å². The Balaban J connectivity index is 3.35. The number of rotatable bonds is 11. The van der Waals surface area contributed by atoms with Crippen molar-refractivity contribution in [2.24, 2.45) is 5.92 Å². The zero-order valence-electron chi connectivity index (χ0n) is 21.9. The summed E-state index contributed by atoms with van der Waals surface area (Å²) < 4.78 is 45.1. The largest absolute Gasteiger partial charge is 0.520 e. The van der Waals surface area contributed by atoms with E-state index in [2.05, 4.69) is 53.5 Å². The highest BCUT2D eigenvalue weighted by molar-refractivity contribution is 7.91. The van der Waals surface area contributed by atoms with Crippen molar-refractivity contribution < 1.29 is 22.0 Å². The first-order valence-corrected chi connectivity index (χ1v) is 19.4. The minimum atomic E-state index is -3.53. The van der Waals surface area contributed by atoms with Crippen molar-refractivity contribution in [3.05, 3.63) is 41.9 Å². The van der Waals surface area contributed by atoms with Gasteiger partial charge in [-0.3, -0.25) is 0 Å². The van der Waals surface area contributed by atoms with Crippen LogP contribution in [0.1, 0.15) is 40.2 Å². The molecule has 1 rings (SSSR count). The molecular weight excluding hydrogens is 456 g/mol. The van der Waals surface area contributed by atoms with Crippen LogP contribution in [0.15, 0.2) is 41.2 Å². The van der Waals surface area contributed by atoms with Crippen LogP contribution in [0.3, 0.4) is 0 Å². The van der Waals surface area contributed by atoms with E-state index in [9.17, 15) is 8.42 Å². The SMILES string of the molecule is CCO/C(=C\[C@H](C)[C@@H](CS(=O)(=O)c1ccc(C)cc1)O[Si](C)(C)C(C)(C)C)O[Si](C)(C)C. The summed E-state index contributed by atoms with van der Waals surface area (Å²) in [5.41, 5.74) is 1.03. The van der Waals surface area contributed by atoms with Crippen LogP contribution < -0.4 is 0 Å². The van der Waals surface area contributed by atoms with Gasteiger partial charge in [-0.15, -0.1) is 0 Å². The molecule has 0 aliphatic heterocycles. The van der Waals surface area contributed by atoms with Crippen molar-refractivity contribution >= 4 is 26.5 Å². The predicted octanol–water partition coefficient (Wildman–Crippen LogP) is 6.52. The highest BCUT2D eigenvalue weighted by Gasteiger charge is 2.41. The molecule has 0 spiro atoms. The third kappa shape index (κ3) is 9.04. The summed E-state index contributed by atoms with van der Waals surface area (Å²) in [5, 5.41) is -0.0418. The van der Waals surface area contributed by atoms with E-state index in [4.69, 9.17) is 13.6 Å². The van der Waals surface area contributed by atoms with Crippen molar-refractivity contribution in [1.82, 2.24) is 0 Å². The third-order valence-corrected chi connectivity index (χ3v) is 12.8. The van der Waals surface area contributed by atoms with Crippen LogP contribution in [0.5, 0.6) is 0 Å². The quantitative estimate of drug-likeness (QED) is 0.255. The molecule has 0 unspecified atom stereocenters. The third-order valence-electron chi connectivity index (χ3n) is 5.69. The fourth-order valence-electron chi connectivity index (χ4n) is 2.78. The van der Waals surface area contributed by atoms with E-state index in [-0.39, 0.29) is 16.7 Å². The van der Waals surface area contributed by atoms with Crippen molar-refractivity contribution in [3.63, 3.8) is 0 Å². The number of ether oxygens (including phenoxy) is 1. The maximum Gasteiger partial charge on any atom is 0.261 e. The molecule has 0 aliphatic carbocycles. The predicted molar refractivity (Wildman–Crippen MR) is 139 cm³/mol. The molecule has 0 aliphatic rings. The second kappa shape index (κ2) is 10.9. The van der Waals surface area contributed by atoms with Crippen molar-refractivity contribution in [1.29, 1.82) is 0 Å². The van der Waals surface area contributed by atoms with E-state index in [1.54, 1.807) is 12.1 Å². The first-order chi connectivity index (χ1) is 14.4. The maximum absolute atomic E-state index is 13.3. The molecule has 0 aromatic heterocycles. The molecule has 0 fully saturated rings. The minimum Gasteiger partial charge on any atom is -0.520 e. The molecule has 0 saturated carbocycles. The van der Waals surface area contributed by atoms with Gasteiger partial charge >= 0.3 is 0 Å². The molecule has 0 saturated heterocycles. The lowest BCUT2D eigenvalue weighted by Crippen LogP contribution is -2.47. The molecule has 1 aromatic carbocycles. The van der Waals surface area contributed by atoms with Gasteiger partial charge in [0.2, 0.25) is 8.32 Å². The molecule has 184 valence electrons. The summed E-state index contributed by atoms with van der Waals surface area (Å²) in [6.45, 7) is 23.4. The monoisotopic (exact) mass is 500 g/mol. The van der Waals surface area contributed by atoms with Gasteiger partial charge in [-0.1, -0.05) is 45.4 Å². The molecule has 2 atom stereocenters. The Kier molecular flexibility index (Phi) is 9.84. The minimum absolute atomic E-state index is 0.0418. The van der Waals surface area contributed by atoms with E-state index < -0.39 is 32.6 Å². The molecule has 0 radical (unpaired) electrons. The van der Waals surface area contributed by atoms with E-state index >= 15 is 0 Å². The summed E-state index contributed by atoms with van der Waals surface area (Å²) in [6, 6.07) is 7.01. The fourth-order valence-corrected chi connectivity index (χ4v) is 6.59. The number of aryl methyl sites for hydroxylation is 1. The van der Waals surface area contributed by atoms with Gasteiger partial charge in [0.05, 0.1) is 23.4 Å². The molecule has 0 amide bonds. The van der Waals surface area contributed by atoms with Gasteiger partial charge in [0, 0.05) is 12.0 Å². The Morgan fingerprint density at radius 3 is 2.03 bits per heavy atom. The van der Waals surface area contributed by atoms with Crippen molar-refractivity contribution in [2.45, 2.75) is 90.3 Å². The summed E-state index contributed by atoms with van der Waals surface area (Å²) >= 11 is 0. The molecular formula is C24H44O5SSi2. The van der Waals surface area contributed by atoms with Gasteiger partial charge in [0.25, 0.3) is 5.95 Å². The lowest BCUT2D eigenvalue weighted by molar-refractivity contribution is 0.102. The standard InChI is InChI=1S/C24H44O5SSi2/c1-12-27-23(29-31(7,8)9)17-20(3)22(28-32(10,11)24(4,5)6)18-30(25,26)21-15-13-19(2)14-16-21/h13-17,20,22H,12,18H2,1-11H3/b23-17+/t20-,22+/m0/s1. The number of hydrogen-bond donors (Lipinski definition) is 0. The zero-order chi connectivity index (χ0) is 25.0. The zero-order valence-corrected chi connectivity index (χ0v) is 24.7. The highest BCUT2D eigenvalue weighted by atomic mass is 32.2. The van der Waals surface area contributed by atoms with E-state index in [0.29, 0.717) is 17.4 Å². The number of sulfone groups is 1. The smallest absolute Gasteiger partial charge is 0.261 e. The molecule has 8 heteroatoms. The van der Waals surface area contributed by atoms with Crippen LogP contribution in [-0.2, 0) is 23.4 Å². The van der Waals surface area contributed by atoms with Gasteiger partial charge in [-0.05, 0) is 63.8 Å². The Morgan fingerprint density at radius 1 is 1.06 bits per heavy atom. The number of hydrogen-bond acceptors (Lipinski definition) is 5. The Labute approximate surface area is 198 Å². The van der Waals surface area contributed by atoms with Crippen molar-refractivity contribution in [2.75, 3.05) is 12.4 Å². The van der Waals surface area contributed by atoms with Crippen LogP contribution in [0, 0.1) is 12.8 Å². The molecule has 0 N–H and O–H groups in total. The average molecular weight is 501 g/mol. The molecule has 1 aromatic rings. The van der Waals surface area contributed by atoms with Crippen LogP contribution >= 0.6 is 0 Å². The van der Waals surface area contributed by atoms with E-state index in [0.717, 1.165) is 5.56 Å².